The Labute approximate surface area is 142 Å². The van der Waals surface area contributed by atoms with Gasteiger partial charge in [-0.25, -0.2) is 9.97 Å². The molecule has 2 rings (SSSR count). The number of amides is 1. The molecule has 0 aliphatic heterocycles. The summed E-state index contributed by atoms with van der Waals surface area (Å²) in [5.41, 5.74) is 2.23. The zero-order valence-electron chi connectivity index (χ0n) is 14.6. The molecule has 0 bridgehead atoms. The first-order chi connectivity index (χ1) is 11.5. The molecule has 0 unspecified atom stereocenters. The Balaban J connectivity index is 2.02. The summed E-state index contributed by atoms with van der Waals surface area (Å²) in [4.78, 5) is 20.7. The number of aromatic nitrogens is 2. The minimum Gasteiger partial charge on any atom is -0.496 e. The first kappa shape index (κ1) is 17.7. The van der Waals surface area contributed by atoms with Crippen LogP contribution in [-0.4, -0.2) is 35.6 Å². The summed E-state index contributed by atoms with van der Waals surface area (Å²) < 4.78 is 5.34. The highest BCUT2D eigenvalue weighted by Crippen LogP contribution is 2.17. The summed E-state index contributed by atoms with van der Waals surface area (Å²) in [7, 11) is 1.66. The molecule has 0 aliphatic carbocycles. The van der Waals surface area contributed by atoms with Crippen molar-refractivity contribution in [1.29, 1.82) is 0 Å². The Kier molecular flexibility index (Phi) is 6.12. The zero-order valence-corrected chi connectivity index (χ0v) is 14.6. The number of hydrogen-bond acceptors (Lipinski definition) is 5. The number of rotatable bonds is 7. The van der Waals surface area contributed by atoms with Crippen LogP contribution in [0.15, 0.2) is 30.3 Å². The Hall–Kier alpha value is -2.63. The van der Waals surface area contributed by atoms with Crippen LogP contribution in [0.4, 0.5) is 5.95 Å². The number of para-hydroxylation sites is 1. The van der Waals surface area contributed by atoms with Gasteiger partial charge in [-0.2, -0.15) is 0 Å². The van der Waals surface area contributed by atoms with E-state index in [1.807, 2.05) is 45.0 Å². The highest BCUT2D eigenvalue weighted by atomic mass is 16.5. The predicted molar refractivity (Wildman–Crippen MR) is 94.6 cm³/mol. The lowest BCUT2D eigenvalue weighted by molar-refractivity contribution is 0.0938. The molecule has 2 aromatic rings. The zero-order chi connectivity index (χ0) is 17.5. The van der Waals surface area contributed by atoms with Crippen LogP contribution in [0.5, 0.6) is 5.75 Å². The molecule has 0 atom stereocenters. The number of anilines is 1. The molecule has 2 N–H and O–H groups in total. The van der Waals surface area contributed by atoms with Crippen LogP contribution in [0.25, 0.3) is 0 Å². The second-order valence-corrected chi connectivity index (χ2v) is 5.83. The number of nitrogens with one attached hydrogen (secondary N) is 2. The molecular weight excluding hydrogens is 304 g/mol. The number of methoxy groups -OCH3 is 1. The van der Waals surface area contributed by atoms with Gasteiger partial charge in [-0.3, -0.25) is 4.79 Å². The summed E-state index contributed by atoms with van der Waals surface area (Å²) in [6.07, 6.45) is 0.773. The number of benzene rings is 1. The van der Waals surface area contributed by atoms with Crippen LogP contribution >= 0.6 is 0 Å². The maximum absolute atomic E-state index is 12.1. The fraction of sp³-hybridized carbons (Fsp3) is 0.389. The number of carbonyl (C=O) groups is 1. The second-order valence-electron chi connectivity index (χ2n) is 5.83. The Morgan fingerprint density at radius 1 is 1.25 bits per heavy atom. The van der Waals surface area contributed by atoms with Crippen molar-refractivity contribution in [2.75, 3.05) is 19.0 Å². The molecule has 0 saturated carbocycles. The molecule has 0 fully saturated rings. The van der Waals surface area contributed by atoms with Crippen molar-refractivity contribution in [2.45, 2.75) is 33.2 Å². The fourth-order valence-corrected chi connectivity index (χ4v) is 2.32. The van der Waals surface area contributed by atoms with Crippen molar-refractivity contribution in [3.05, 3.63) is 47.3 Å². The molecule has 0 radical (unpaired) electrons. The van der Waals surface area contributed by atoms with E-state index in [2.05, 4.69) is 20.6 Å². The quantitative estimate of drug-likeness (QED) is 0.817. The summed E-state index contributed by atoms with van der Waals surface area (Å²) in [5.74, 6) is 1.13. The number of carbonyl (C=O) groups excluding carboxylic acids is 1. The van der Waals surface area contributed by atoms with Crippen LogP contribution in [0, 0.1) is 6.92 Å². The molecule has 24 heavy (non-hydrogen) atoms. The molecule has 0 saturated heterocycles. The van der Waals surface area contributed by atoms with E-state index < -0.39 is 0 Å². The first-order valence-electron chi connectivity index (χ1n) is 8.02. The van der Waals surface area contributed by atoms with E-state index in [1.165, 1.54) is 0 Å². The van der Waals surface area contributed by atoms with Gasteiger partial charge >= 0.3 is 0 Å². The smallest absolute Gasteiger partial charge is 0.270 e. The molecule has 6 nitrogen and oxygen atoms in total. The van der Waals surface area contributed by atoms with E-state index >= 15 is 0 Å². The van der Waals surface area contributed by atoms with Gasteiger partial charge in [0.2, 0.25) is 5.95 Å². The third kappa shape index (κ3) is 4.94. The largest absolute Gasteiger partial charge is 0.496 e. The van der Waals surface area contributed by atoms with E-state index in [4.69, 9.17) is 4.74 Å². The SMILES string of the molecule is COc1ccccc1CCNc1nc(C)cc(C(=O)NC(C)C)n1. The van der Waals surface area contributed by atoms with E-state index in [0.29, 0.717) is 18.2 Å². The Morgan fingerprint density at radius 2 is 2.00 bits per heavy atom. The van der Waals surface area contributed by atoms with E-state index in [1.54, 1.807) is 13.2 Å². The Morgan fingerprint density at radius 3 is 2.71 bits per heavy atom. The fourth-order valence-electron chi connectivity index (χ4n) is 2.32. The van der Waals surface area contributed by atoms with Crippen molar-refractivity contribution in [3.8, 4) is 5.75 Å². The molecule has 1 aromatic heterocycles. The lowest BCUT2D eigenvalue weighted by Crippen LogP contribution is -2.31. The average Bonchev–Trinajstić information content (AvgIpc) is 2.54. The van der Waals surface area contributed by atoms with E-state index in [9.17, 15) is 4.79 Å². The number of nitrogens with zero attached hydrogens (tertiary/aromatic N) is 2. The standard InChI is InChI=1S/C18H24N4O2/c1-12(2)20-17(23)15-11-13(3)21-18(22-15)19-10-9-14-7-5-6-8-16(14)24-4/h5-8,11-12H,9-10H2,1-4H3,(H,20,23)(H,19,21,22). The lowest BCUT2D eigenvalue weighted by atomic mass is 10.1. The van der Waals surface area contributed by atoms with Crippen LogP contribution in [0.2, 0.25) is 0 Å². The predicted octanol–water partition coefficient (Wildman–Crippen LogP) is 2.59. The third-order valence-electron chi connectivity index (χ3n) is 3.38. The normalized spacial score (nSPS) is 10.5. The van der Waals surface area contributed by atoms with Gasteiger partial charge in [0, 0.05) is 18.3 Å². The van der Waals surface area contributed by atoms with Gasteiger partial charge in [0.05, 0.1) is 7.11 Å². The molecule has 128 valence electrons. The minimum absolute atomic E-state index is 0.0646. The van der Waals surface area contributed by atoms with E-state index in [-0.39, 0.29) is 11.9 Å². The van der Waals surface area contributed by atoms with Gasteiger partial charge in [-0.1, -0.05) is 18.2 Å². The van der Waals surface area contributed by atoms with Crippen molar-refractivity contribution < 1.29 is 9.53 Å². The molecule has 0 spiro atoms. The highest BCUT2D eigenvalue weighted by Gasteiger charge is 2.11. The van der Waals surface area contributed by atoms with Gasteiger partial charge in [-0.15, -0.1) is 0 Å². The van der Waals surface area contributed by atoms with Gasteiger partial charge in [0.15, 0.2) is 0 Å². The Bertz CT molecular complexity index is 701. The molecule has 0 aliphatic rings. The average molecular weight is 328 g/mol. The second kappa shape index (κ2) is 8.29. The van der Waals surface area contributed by atoms with Crippen LogP contribution in [-0.2, 0) is 6.42 Å². The van der Waals surface area contributed by atoms with Gasteiger partial charge < -0.3 is 15.4 Å². The maximum Gasteiger partial charge on any atom is 0.270 e. The van der Waals surface area contributed by atoms with Crippen molar-refractivity contribution >= 4 is 11.9 Å². The van der Waals surface area contributed by atoms with Crippen LogP contribution < -0.4 is 15.4 Å². The number of aryl methyl sites for hydroxylation is 1. The third-order valence-corrected chi connectivity index (χ3v) is 3.38. The first-order valence-corrected chi connectivity index (χ1v) is 8.02. The van der Waals surface area contributed by atoms with E-state index in [0.717, 1.165) is 23.4 Å². The van der Waals surface area contributed by atoms with Gasteiger partial charge in [-0.05, 0) is 44.9 Å². The van der Waals surface area contributed by atoms with Crippen molar-refractivity contribution in [1.82, 2.24) is 15.3 Å². The summed E-state index contributed by atoms with van der Waals surface area (Å²) in [5, 5.41) is 6.01. The highest BCUT2D eigenvalue weighted by molar-refractivity contribution is 5.92. The summed E-state index contributed by atoms with van der Waals surface area (Å²) in [6.45, 7) is 6.32. The molecule has 6 heteroatoms. The molecule has 1 amide bonds. The minimum atomic E-state index is -0.191. The van der Waals surface area contributed by atoms with Crippen molar-refractivity contribution in [2.24, 2.45) is 0 Å². The number of hydrogen-bond donors (Lipinski definition) is 2. The van der Waals surface area contributed by atoms with Crippen LogP contribution in [0.1, 0.15) is 35.6 Å². The van der Waals surface area contributed by atoms with Gasteiger partial charge in [0.25, 0.3) is 5.91 Å². The maximum atomic E-state index is 12.1. The summed E-state index contributed by atoms with van der Waals surface area (Å²) >= 11 is 0. The van der Waals surface area contributed by atoms with Crippen molar-refractivity contribution in [3.63, 3.8) is 0 Å². The number of ether oxygens (including phenoxy) is 1. The molecule has 1 heterocycles. The monoisotopic (exact) mass is 328 g/mol. The molecule has 1 aromatic carbocycles. The summed E-state index contributed by atoms with van der Waals surface area (Å²) in [6, 6.07) is 9.64. The topological polar surface area (TPSA) is 76.1 Å². The lowest BCUT2D eigenvalue weighted by Gasteiger charge is -2.11. The van der Waals surface area contributed by atoms with Crippen LogP contribution in [0.3, 0.4) is 0 Å². The molecular formula is C18H24N4O2. The van der Waals surface area contributed by atoms with Gasteiger partial charge in [0.1, 0.15) is 11.4 Å².